The highest BCUT2D eigenvalue weighted by molar-refractivity contribution is 14.1. The summed E-state index contributed by atoms with van der Waals surface area (Å²) < 4.78 is 54.1. The number of hydrogen-bond acceptors (Lipinski definition) is 4. The van der Waals surface area contributed by atoms with Crippen molar-refractivity contribution in [3.05, 3.63) is 75.4 Å². The maximum Gasteiger partial charge on any atom is 0.418 e. The minimum absolute atomic E-state index is 0.392. The third-order valence-electron chi connectivity index (χ3n) is 3.45. The molecule has 0 unspecified atom stereocenters. The normalized spacial score (nSPS) is 14.0. The third-order valence-corrected chi connectivity index (χ3v) is 4.39. The summed E-state index contributed by atoms with van der Waals surface area (Å²) in [6.45, 7) is 0. The SMILES string of the molecule is O=C(NN1C=CN(c2c(F)cccc2C(F)(F)F)N1)c1ccccc1I. The Labute approximate surface area is 159 Å². The molecule has 5 nitrogen and oxygen atoms in total. The van der Waals surface area contributed by atoms with E-state index in [1.54, 1.807) is 24.3 Å². The van der Waals surface area contributed by atoms with Crippen molar-refractivity contribution in [3.63, 3.8) is 0 Å². The lowest BCUT2D eigenvalue weighted by Crippen LogP contribution is -2.49. The maximum atomic E-state index is 14.0. The molecule has 10 heteroatoms. The van der Waals surface area contributed by atoms with E-state index in [0.29, 0.717) is 9.13 Å². The van der Waals surface area contributed by atoms with Gasteiger partial charge in [0.25, 0.3) is 5.91 Å². The topological polar surface area (TPSA) is 47.6 Å². The van der Waals surface area contributed by atoms with Gasteiger partial charge in [-0.05, 0) is 46.9 Å². The molecule has 2 aromatic carbocycles. The van der Waals surface area contributed by atoms with Gasteiger partial charge < -0.3 is 0 Å². The molecule has 26 heavy (non-hydrogen) atoms. The highest BCUT2D eigenvalue weighted by Crippen LogP contribution is 2.38. The van der Waals surface area contributed by atoms with Gasteiger partial charge >= 0.3 is 6.18 Å². The van der Waals surface area contributed by atoms with E-state index < -0.39 is 29.2 Å². The predicted octanol–water partition coefficient (Wildman–Crippen LogP) is 3.81. The third kappa shape index (κ3) is 3.75. The van der Waals surface area contributed by atoms with Crippen LogP contribution in [0.15, 0.2) is 54.9 Å². The summed E-state index contributed by atoms with van der Waals surface area (Å²) in [5.74, 6) is -1.53. The number of hydrogen-bond donors (Lipinski definition) is 2. The number of halogens is 5. The first-order valence-corrected chi connectivity index (χ1v) is 8.29. The van der Waals surface area contributed by atoms with Crippen LogP contribution in [0.5, 0.6) is 0 Å². The van der Waals surface area contributed by atoms with Crippen LogP contribution in [0.1, 0.15) is 15.9 Å². The quantitative estimate of drug-likeness (QED) is 0.521. The summed E-state index contributed by atoms with van der Waals surface area (Å²) in [4.78, 5) is 12.3. The van der Waals surface area contributed by atoms with Crippen LogP contribution >= 0.6 is 22.6 Å². The molecule has 2 N–H and O–H groups in total. The molecule has 3 rings (SSSR count). The van der Waals surface area contributed by atoms with Gasteiger partial charge in [-0.15, -0.1) is 5.53 Å². The van der Waals surface area contributed by atoms with Crippen molar-refractivity contribution in [2.45, 2.75) is 6.18 Å². The fourth-order valence-electron chi connectivity index (χ4n) is 2.31. The molecule has 0 saturated heterocycles. The average molecular weight is 478 g/mol. The molecule has 0 atom stereocenters. The average Bonchev–Trinajstić information content (AvgIpc) is 3.02. The fourth-order valence-corrected chi connectivity index (χ4v) is 2.94. The van der Waals surface area contributed by atoms with Crippen LogP contribution in [0.25, 0.3) is 0 Å². The molecule has 0 saturated carbocycles. The number of hydrazine groups is 3. The van der Waals surface area contributed by atoms with Crippen LogP contribution in [0.4, 0.5) is 23.2 Å². The molecule has 1 aliphatic heterocycles. The molecule has 0 fully saturated rings. The van der Waals surface area contributed by atoms with Gasteiger partial charge in [-0.3, -0.25) is 9.80 Å². The van der Waals surface area contributed by atoms with Crippen LogP contribution in [-0.4, -0.2) is 11.0 Å². The van der Waals surface area contributed by atoms with Gasteiger partial charge in [-0.1, -0.05) is 18.2 Å². The number of anilines is 1. The van der Waals surface area contributed by atoms with E-state index in [1.807, 2.05) is 22.6 Å². The lowest BCUT2D eigenvalue weighted by molar-refractivity contribution is -0.137. The second-order valence-corrected chi connectivity index (χ2v) is 6.35. The summed E-state index contributed by atoms with van der Waals surface area (Å²) in [5, 5.41) is 1.88. The van der Waals surface area contributed by atoms with E-state index in [4.69, 9.17) is 0 Å². The number of alkyl halides is 3. The maximum absolute atomic E-state index is 14.0. The van der Waals surface area contributed by atoms with E-state index in [9.17, 15) is 22.4 Å². The van der Waals surface area contributed by atoms with E-state index in [0.717, 1.165) is 28.3 Å². The number of carbonyl (C=O) groups excluding carboxylic acids is 1. The molecule has 0 bridgehead atoms. The highest BCUT2D eigenvalue weighted by atomic mass is 127. The standard InChI is InChI=1S/C16H11F4IN4O/c17-12-6-3-5-11(16(18,19)20)14(12)24-8-9-25(23-24)22-15(26)10-4-1-2-7-13(10)21/h1-9,23H,(H,22,26). The Morgan fingerprint density at radius 1 is 1.08 bits per heavy atom. The Morgan fingerprint density at radius 2 is 1.81 bits per heavy atom. The first kappa shape index (κ1) is 18.5. The van der Waals surface area contributed by atoms with Crippen molar-refractivity contribution in [1.29, 1.82) is 0 Å². The molecule has 0 radical (unpaired) electrons. The molecule has 0 aromatic heterocycles. The van der Waals surface area contributed by atoms with Crippen LogP contribution in [0, 0.1) is 9.39 Å². The van der Waals surface area contributed by atoms with Crippen LogP contribution < -0.4 is 16.0 Å². The minimum atomic E-state index is -4.73. The number of rotatable bonds is 3. The van der Waals surface area contributed by atoms with Crippen molar-refractivity contribution in [1.82, 2.24) is 16.1 Å². The van der Waals surface area contributed by atoms with E-state index in [-0.39, 0.29) is 0 Å². The Balaban J connectivity index is 1.78. The van der Waals surface area contributed by atoms with Crippen LogP contribution in [0.3, 0.4) is 0 Å². The molecule has 1 aliphatic rings. The van der Waals surface area contributed by atoms with Crippen LogP contribution in [-0.2, 0) is 6.18 Å². The Morgan fingerprint density at radius 3 is 2.50 bits per heavy atom. The van der Waals surface area contributed by atoms with Gasteiger partial charge in [0, 0.05) is 9.77 Å². The molecule has 0 aliphatic carbocycles. The summed E-state index contributed by atoms with van der Waals surface area (Å²) in [7, 11) is 0. The summed E-state index contributed by atoms with van der Waals surface area (Å²) in [6, 6.07) is 9.49. The van der Waals surface area contributed by atoms with Gasteiger partial charge in [0.2, 0.25) is 0 Å². The zero-order valence-electron chi connectivity index (χ0n) is 12.9. The van der Waals surface area contributed by atoms with Gasteiger partial charge in [0.1, 0.15) is 11.5 Å². The van der Waals surface area contributed by atoms with Crippen molar-refractivity contribution in [2.75, 3.05) is 5.01 Å². The summed E-state index contributed by atoms with van der Waals surface area (Å²) in [5.41, 5.74) is 3.48. The van der Waals surface area contributed by atoms with E-state index >= 15 is 0 Å². The Bertz CT molecular complexity index is 872. The minimum Gasteiger partial charge on any atom is -0.267 e. The molecular weight excluding hydrogens is 467 g/mol. The molecule has 1 heterocycles. The molecule has 2 aromatic rings. The predicted molar refractivity (Wildman–Crippen MR) is 94.6 cm³/mol. The van der Waals surface area contributed by atoms with Gasteiger partial charge in [-0.25, -0.2) is 14.9 Å². The number of nitrogens with one attached hydrogen (secondary N) is 2. The summed E-state index contributed by atoms with van der Waals surface area (Å²) >= 11 is 1.99. The number of amides is 1. The second kappa shape index (κ2) is 7.11. The summed E-state index contributed by atoms with van der Waals surface area (Å²) in [6.07, 6.45) is -2.30. The molecule has 0 spiro atoms. The zero-order valence-corrected chi connectivity index (χ0v) is 15.0. The fraction of sp³-hybridized carbons (Fsp3) is 0.0625. The number of para-hydroxylation sites is 1. The number of carbonyl (C=O) groups is 1. The Kier molecular flexibility index (Phi) is 5.05. The largest absolute Gasteiger partial charge is 0.418 e. The van der Waals surface area contributed by atoms with Crippen molar-refractivity contribution in [3.8, 4) is 0 Å². The first-order chi connectivity index (χ1) is 12.3. The van der Waals surface area contributed by atoms with Gasteiger partial charge in [0.15, 0.2) is 0 Å². The van der Waals surface area contributed by atoms with E-state index in [2.05, 4.69) is 11.0 Å². The monoisotopic (exact) mass is 478 g/mol. The number of nitrogens with zero attached hydrogens (tertiary/aromatic N) is 2. The molecule has 1 amide bonds. The Hall–Kier alpha value is -2.34. The lowest BCUT2D eigenvalue weighted by atomic mass is 10.1. The zero-order chi connectivity index (χ0) is 18.9. The van der Waals surface area contributed by atoms with Gasteiger partial charge in [-0.2, -0.15) is 13.2 Å². The van der Waals surface area contributed by atoms with Crippen molar-refractivity contribution in [2.24, 2.45) is 0 Å². The second-order valence-electron chi connectivity index (χ2n) is 5.19. The lowest BCUT2D eigenvalue weighted by Gasteiger charge is -2.25. The van der Waals surface area contributed by atoms with Crippen molar-refractivity contribution >= 4 is 34.2 Å². The molecular formula is C16H11F4IN4O. The number of benzene rings is 2. The smallest absolute Gasteiger partial charge is 0.267 e. The first-order valence-electron chi connectivity index (χ1n) is 7.21. The highest BCUT2D eigenvalue weighted by Gasteiger charge is 2.37. The van der Waals surface area contributed by atoms with Crippen molar-refractivity contribution < 1.29 is 22.4 Å². The van der Waals surface area contributed by atoms with Gasteiger partial charge in [0.05, 0.1) is 17.3 Å². The van der Waals surface area contributed by atoms with E-state index in [1.165, 1.54) is 12.4 Å². The molecule has 136 valence electrons. The van der Waals surface area contributed by atoms with Crippen LogP contribution in [0.2, 0.25) is 0 Å².